The predicted molar refractivity (Wildman–Crippen MR) is 142 cm³/mol. The van der Waals surface area contributed by atoms with E-state index in [2.05, 4.69) is 0 Å². The van der Waals surface area contributed by atoms with Crippen LogP contribution in [0.25, 0.3) is 22.3 Å². The molecular weight excluding hydrogens is 596 g/mol. The summed E-state index contributed by atoms with van der Waals surface area (Å²) in [5, 5.41) is 110. The molecule has 2 fully saturated rings. The Hall–Kier alpha value is -3.75. The van der Waals surface area contributed by atoms with Gasteiger partial charge in [0.15, 0.2) is 28.4 Å². The Bertz CT molecular complexity index is 1550. The number of phenolic OH excluding ortho intramolecular Hbond substituents is 3. The van der Waals surface area contributed by atoms with Crippen molar-refractivity contribution in [1.82, 2.24) is 0 Å². The number of hydrogen-bond acceptors (Lipinski definition) is 17. The van der Waals surface area contributed by atoms with Crippen LogP contribution in [0.15, 0.2) is 39.5 Å². The lowest BCUT2D eigenvalue weighted by molar-refractivity contribution is -0.277. The number of benzene rings is 2. The fraction of sp³-hybridized carbons (Fsp3) is 0.444. The summed E-state index contributed by atoms with van der Waals surface area (Å²) in [6, 6.07) is 5.52. The Labute approximate surface area is 246 Å². The second-order valence-electron chi connectivity index (χ2n) is 10.2. The van der Waals surface area contributed by atoms with Crippen molar-refractivity contribution in [3.05, 3.63) is 40.6 Å². The number of fused-ring (bicyclic) bond motifs is 1. The van der Waals surface area contributed by atoms with Crippen LogP contribution in [0, 0.1) is 0 Å². The number of ether oxygens (including phenoxy) is 4. The van der Waals surface area contributed by atoms with Crippen LogP contribution < -0.4 is 14.9 Å². The molecular formula is C27H30O17. The maximum absolute atomic E-state index is 13.0. The van der Waals surface area contributed by atoms with Gasteiger partial charge >= 0.3 is 0 Å². The first-order chi connectivity index (χ1) is 20.9. The fourth-order valence-electron chi connectivity index (χ4n) is 4.87. The molecule has 0 bridgehead atoms. The number of phenols is 3. The van der Waals surface area contributed by atoms with Gasteiger partial charge in [0.2, 0.25) is 18.3 Å². The van der Waals surface area contributed by atoms with Gasteiger partial charge in [0.1, 0.15) is 65.6 Å². The van der Waals surface area contributed by atoms with E-state index in [-0.39, 0.29) is 22.7 Å². The highest BCUT2D eigenvalue weighted by Crippen LogP contribution is 2.43. The Balaban J connectivity index is 1.41. The minimum Gasteiger partial charge on any atom is -0.504 e. The van der Waals surface area contributed by atoms with Crippen molar-refractivity contribution >= 4 is 11.0 Å². The van der Waals surface area contributed by atoms with E-state index in [0.29, 0.717) is 0 Å². The van der Waals surface area contributed by atoms with Gasteiger partial charge < -0.3 is 79.5 Å². The van der Waals surface area contributed by atoms with Crippen molar-refractivity contribution in [3.8, 4) is 40.1 Å². The average Bonchev–Trinajstić information content (AvgIpc) is 2.99. The third kappa shape index (κ3) is 5.61. The molecule has 0 spiro atoms. The summed E-state index contributed by atoms with van der Waals surface area (Å²) in [4.78, 5) is 13.0. The second-order valence-corrected chi connectivity index (χ2v) is 10.2. The van der Waals surface area contributed by atoms with Crippen molar-refractivity contribution < 1.29 is 79.5 Å². The summed E-state index contributed by atoms with van der Waals surface area (Å²) in [6.45, 7) is -1.45. The molecule has 17 nitrogen and oxygen atoms in total. The topological polar surface area (TPSA) is 290 Å². The summed E-state index contributed by atoms with van der Waals surface area (Å²) in [5.41, 5.74) is -1.05. The van der Waals surface area contributed by atoms with Crippen molar-refractivity contribution in [2.75, 3.05) is 13.2 Å². The maximum atomic E-state index is 13.0. The Morgan fingerprint density at radius 3 is 1.80 bits per heavy atom. The summed E-state index contributed by atoms with van der Waals surface area (Å²) >= 11 is 0. The number of aliphatic hydroxyl groups excluding tert-OH is 8. The normalized spacial score (nSPS) is 32.5. The summed E-state index contributed by atoms with van der Waals surface area (Å²) < 4.78 is 26.9. The quantitative estimate of drug-likeness (QED) is 0.124. The molecule has 17 heteroatoms. The molecule has 2 aromatic carbocycles. The van der Waals surface area contributed by atoms with Gasteiger partial charge in [-0.15, -0.1) is 0 Å². The smallest absolute Gasteiger partial charge is 0.229 e. The van der Waals surface area contributed by atoms with Gasteiger partial charge in [-0.2, -0.15) is 0 Å². The van der Waals surface area contributed by atoms with Crippen LogP contribution in [0.5, 0.6) is 28.7 Å². The van der Waals surface area contributed by atoms with E-state index in [1.54, 1.807) is 0 Å². The van der Waals surface area contributed by atoms with E-state index >= 15 is 0 Å². The van der Waals surface area contributed by atoms with Gasteiger partial charge in [-0.1, -0.05) is 0 Å². The number of rotatable bonds is 7. The number of aromatic hydroxyl groups is 3. The van der Waals surface area contributed by atoms with Gasteiger partial charge in [-0.05, 0) is 18.2 Å². The van der Waals surface area contributed by atoms with E-state index in [1.807, 2.05) is 0 Å². The van der Waals surface area contributed by atoms with Crippen LogP contribution in [0.2, 0.25) is 0 Å². The van der Waals surface area contributed by atoms with Crippen LogP contribution >= 0.6 is 0 Å². The van der Waals surface area contributed by atoms with Crippen molar-refractivity contribution in [1.29, 1.82) is 0 Å². The van der Waals surface area contributed by atoms with Crippen LogP contribution in [0.1, 0.15) is 0 Å². The van der Waals surface area contributed by atoms with Crippen LogP contribution in [0.3, 0.4) is 0 Å². The predicted octanol–water partition coefficient (Wildman–Crippen LogP) is -3.07. The molecule has 5 rings (SSSR count). The van der Waals surface area contributed by atoms with Crippen molar-refractivity contribution in [3.63, 3.8) is 0 Å². The summed E-state index contributed by atoms with van der Waals surface area (Å²) in [6.07, 6.45) is -16.4. The Morgan fingerprint density at radius 2 is 1.25 bits per heavy atom. The molecule has 2 unspecified atom stereocenters. The first-order valence-corrected chi connectivity index (χ1v) is 13.2. The maximum Gasteiger partial charge on any atom is 0.229 e. The highest BCUT2D eigenvalue weighted by atomic mass is 16.7. The minimum atomic E-state index is -1.87. The molecule has 1 aromatic heterocycles. The van der Waals surface area contributed by atoms with E-state index < -0.39 is 108 Å². The molecule has 10 atom stereocenters. The lowest BCUT2D eigenvalue weighted by Crippen LogP contribution is -2.60. The van der Waals surface area contributed by atoms with E-state index in [1.165, 1.54) is 12.1 Å². The second kappa shape index (κ2) is 12.3. The van der Waals surface area contributed by atoms with Gasteiger partial charge in [0.05, 0.1) is 13.2 Å². The number of aliphatic hydroxyl groups is 8. The number of hydrogen-bond donors (Lipinski definition) is 11. The third-order valence-electron chi connectivity index (χ3n) is 7.34. The zero-order valence-electron chi connectivity index (χ0n) is 22.4. The highest BCUT2D eigenvalue weighted by Gasteiger charge is 2.46. The van der Waals surface area contributed by atoms with Crippen molar-refractivity contribution in [2.45, 2.75) is 61.4 Å². The molecule has 0 amide bonds. The minimum absolute atomic E-state index is 0.114. The first-order valence-electron chi connectivity index (χ1n) is 13.2. The molecule has 3 aromatic rings. The molecule has 44 heavy (non-hydrogen) atoms. The molecule has 240 valence electrons. The summed E-state index contributed by atoms with van der Waals surface area (Å²) in [7, 11) is 0. The largest absolute Gasteiger partial charge is 0.504 e. The Kier molecular flexibility index (Phi) is 8.87. The first kappa shape index (κ1) is 31.7. The van der Waals surface area contributed by atoms with Gasteiger partial charge in [-0.3, -0.25) is 4.79 Å². The molecule has 2 aliphatic heterocycles. The molecule has 0 aliphatic carbocycles. The van der Waals surface area contributed by atoms with E-state index in [4.69, 9.17) is 23.4 Å². The summed E-state index contributed by atoms with van der Waals surface area (Å²) in [5.74, 6) is -3.34. The monoisotopic (exact) mass is 626 g/mol. The molecule has 0 radical (unpaired) electrons. The third-order valence-corrected chi connectivity index (χ3v) is 7.34. The van der Waals surface area contributed by atoms with Crippen LogP contribution in [0.4, 0.5) is 0 Å². The fourth-order valence-corrected chi connectivity index (χ4v) is 4.87. The molecule has 2 aliphatic rings. The van der Waals surface area contributed by atoms with Crippen LogP contribution in [-0.2, 0) is 9.47 Å². The highest BCUT2D eigenvalue weighted by molar-refractivity contribution is 5.89. The van der Waals surface area contributed by atoms with Crippen LogP contribution in [-0.4, -0.2) is 131 Å². The Morgan fingerprint density at radius 1 is 0.682 bits per heavy atom. The zero-order chi connectivity index (χ0) is 32.0. The molecule has 2 saturated heterocycles. The van der Waals surface area contributed by atoms with Crippen molar-refractivity contribution in [2.24, 2.45) is 0 Å². The van der Waals surface area contributed by atoms with Gasteiger partial charge in [-0.25, -0.2) is 0 Å². The van der Waals surface area contributed by atoms with E-state index in [9.17, 15) is 61.0 Å². The SMILES string of the molecule is O=c1cc(-c2ccc(OC3O[C@H](CO)[C@@H](O)[C@H](O)[C@H]3O)c(O)c2)oc2cc(O)c(OC3O[C@H](CO)[C@@H](O)[C@H](O)[C@H]3O)c(O)c12. The standard InChI is InChI=1S/C27H30O17/c28-6-15-18(33)21(36)23(38)26(42-15)41-12-2-1-8(3-9(12)30)13-4-10(31)17-14(40-13)5-11(32)25(20(17)35)44-27-24(39)22(37)19(34)16(7-29)43-27/h1-5,15-16,18-19,21-24,26-30,32-39H,6-7H2/t15-,16-,18-,19-,21+,22+,23-,24-,26?,27?/m1/s1. The van der Waals surface area contributed by atoms with Gasteiger partial charge in [0.25, 0.3) is 0 Å². The lowest BCUT2D eigenvalue weighted by atomic mass is 9.99. The zero-order valence-corrected chi connectivity index (χ0v) is 22.4. The van der Waals surface area contributed by atoms with E-state index in [0.717, 1.165) is 18.2 Å². The average molecular weight is 627 g/mol. The molecule has 11 N–H and O–H groups in total. The molecule has 3 heterocycles. The van der Waals surface area contributed by atoms with Gasteiger partial charge in [0, 0.05) is 17.7 Å². The molecule has 0 saturated carbocycles. The lowest BCUT2D eigenvalue weighted by Gasteiger charge is -2.39.